The lowest BCUT2D eigenvalue weighted by Crippen LogP contribution is -2.11. The lowest BCUT2D eigenvalue weighted by Gasteiger charge is -2.16. The van der Waals surface area contributed by atoms with Crippen LogP contribution in [0.2, 0.25) is 0 Å². The number of hydrogen-bond acceptors (Lipinski definition) is 3. The zero-order chi connectivity index (χ0) is 25.4. The van der Waals surface area contributed by atoms with Crippen LogP contribution in [0.4, 0.5) is 37.7 Å². The molecule has 0 bridgehead atoms. The predicted octanol–water partition coefficient (Wildman–Crippen LogP) is 7.74. The summed E-state index contributed by atoms with van der Waals surface area (Å²) in [6, 6.07) is 17.5. The van der Waals surface area contributed by atoms with Crippen molar-refractivity contribution in [3.05, 3.63) is 89.5 Å². The Morgan fingerprint density at radius 3 is 2.06 bits per heavy atom. The first-order chi connectivity index (χ1) is 16.4. The molecule has 1 heterocycles. The highest BCUT2D eigenvalue weighted by Gasteiger charge is 2.37. The van der Waals surface area contributed by atoms with Crippen LogP contribution in [0.1, 0.15) is 16.7 Å². The second kappa shape index (κ2) is 9.22. The van der Waals surface area contributed by atoms with Crippen LogP contribution in [0.3, 0.4) is 0 Å². The first-order valence-electron chi connectivity index (χ1n) is 10.6. The van der Waals surface area contributed by atoms with Crippen LogP contribution in [-0.2, 0) is 18.9 Å². The van der Waals surface area contributed by atoms with Gasteiger partial charge in [0.15, 0.2) is 0 Å². The maximum Gasteiger partial charge on any atom is 0.416 e. The number of aromatic nitrogens is 1. The van der Waals surface area contributed by atoms with Crippen LogP contribution in [-0.4, -0.2) is 24.0 Å². The van der Waals surface area contributed by atoms with Crippen molar-refractivity contribution in [1.29, 1.82) is 0 Å². The smallest absolute Gasteiger partial charge is 0.355 e. The second-order valence-corrected chi connectivity index (χ2v) is 8.43. The van der Waals surface area contributed by atoms with Crippen LogP contribution in [0.5, 0.6) is 0 Å². The monoisotopic (exact) mass is 489 g/mol. The van der Waals surface area contributed by atoms with E-state index in [9.17, 15) is 26.3 Å². The van der Waals surface area contributed by atoms with Gasteiger partial charge in [-0.25, -0.2) is 4.98 Å². The molecule has 1 aromatic heterocycles. The van der Waals surface area contributed by atoms with Gasteiger partial charge in [0.25, 0.3) is 0 Å². The van der Waals surface area contributed by atoms with Crippen molar-refractivity contribution in [2.75, 3.05) is 19.4 Å². The van der Waals surface area contributed by atoms with E-state index in [0.717, 1.165) is 11.3 Å². The number of rotatable bonds is 5. The summed E-state index contributed by atoms with van der Waals surface area (Å²) in [6.45, 7) is 0.697. The van der Waals surface area contributed by atoms with E-state index in [1.807, 2.05) is 43.3 Å². The molecule has 0 spiro atoms. The molecule has 0 aliphatic carbocycles. The van der Waals surface area contributed by atoms with Crippen molar-refractivity contribution in [1.82, 2.24) is 9.88 Å². The zero-order valence-electron chi connectivity index (χ0n) is 18.8. The van der Waals surface area contributed by atoms with Crippen LogP contribution >= 0.6 is 0 Å². The van der Waals surface area contributed by atoms with Gasteiger partial charge in [0, 0.05) is 23.2 Å². The van der Waals surface area contributed by atoms with Crippen LogP contribution in [0, 0.1) is 0 Å². The summed E-state index contributed by atoms with van der Waals surface area (Å²) in [4.78, 5) is 6.37. The molecule has 3 aromatic carbocycles. The molecule has 0 aliphatic heterocycles. The lowest BCUT2D eigenvalue weighted by molar-refractivity contribution is -0.143. The minimum Gasteiger partial charge on any atom is -0.355 e. The van der Waals surface area contributed by atoms with Gasteiger partial charge in [-0.1, -0.05) is 30.3 Å². The van der Waals surface area contributed by atoms with Crippen LogP contribution < -0.4 is 5.32 Å². The number of alkyl halides is 6. The normalized spacial score (nSPS) is 12.4. The Morgan fingerprint density at radius 1 is 0.771 bits per heavy atom. The van der Waals surface area contributed by atoms with Gasteiger partial charge in [-0.05, 0) is 62.1 Å². The molecule has 0 atom stereocenters. The molecule has 9 heteroatoms. The van der Waals surface area contributed by atoms with Gasteiger partial charge >= 0.3 is 12.4 Å². The number of para-hydroxylation sites is 1. The van der Waals surface area contributed by atoms with Gasteiger partial charge in [0.1, 0.15) is 0 Å². The van der Waals surface area contributed by atoms with E-state index >= 15 is 0 Å². The van der Waals surface area contributed by atoms with Crippen molar-refractivity contribution in [2.24, 2.45) is 0 Å². The van der Waals surface area contributed by atoms with Gasteiger partial charge in [-0.3, -0.25) is 0 Å². The highest BCUT2D eigenvalue weighted by atomic mass is 19.4. The molecule has 4 rings (SSSR count). The van der Waals surface area contributed by atoms with Gasteiger partial charge in [-0.2, -0.15) is 26.3 Å². The number of anilines is 2. The van der Waals surface area contributed by atoms with Gasteiger partial charge in [0.05, 0.1) is 28.0 Å². The summed E-state index contributed by atoms with van der Waals surface area (Å²) in [6.07, 6.45) is -9.89. The van der Waals surface area contributed by atoms with E-state index < -0.39 is 23.5 Å². The summed E-state index contributed by atoms with van der Waals surface area (Å²) in [5.74, 6) is 0. The average Bonchev–Trinajstić information content (AvgIpc) is 2.77. The van der Waals surface area contributed by atoms with Gasteiger partial charge < -0.3 is 10.2 Å². The summed E-state index contributed by atoms with van der Waals surface area (Å²) < 4.78 is 80.4. The molecule has 182 valence electrons. The maximum absolute atomic E-state index is 13.4. The molecule has 0 aliphatic rings. The highest BCUT2D eigenvalue weighted by molar-refractivity contribution is 5.95. The predicted molar refractivity (Wildman–Crippen MR) is 124 cm³/mol. The van der Waals surface area contributed by atoms with Crippen molar-refractivity contribution in [3.8, 4) is 11.3 Å². The molecule has 0 unspecified atom stereocenters. The molecular weight excluding hydrogens is 468 g/mol. The maximum atomic E-state index is 13.4. The second-order valence-electron chi connectivity index (χ2n) is 8.43. The number of hydrogen-bond donors (Lipinski definition) is 1. The summed E-state index contributed by atoms with van der Waals surface area (Å²) in [5.41, 5.74) is -0.347. The minimum absolute atomic E-state index is 0.00718. The quantitative estimate of drug-likeness (QED) is 0.291. The molecule has 0 saturated carbocycles. The van der Waals surface area contributed by atoms with Crippen molar-refractivity contribution in [2.45, 2.75) is 18.9 Å². The topological polar surface area (TPSA) is 28.2 Å². The third-order valence-electron chi connectivity index (χ3n) is 5.30. The Balaban J connectivity index is 1.85. The van der Waals surface area contributed by atoms with E-state index in [1.54, 1.807) is 24.3 Å². The number of fused-ring (bicyclic) bond motifs is 1. The Kier molecular flexibility index (Phi) is 6.46. The molecular formula is C26H21F6N3. The Labute approximate surface area is 198 Å². The minimum atomic E-state index is -4.94. The molecule has 1 N–H and O–H groups in total. The average molecular weight is 489 g/mol. The number of halogens is 6. The molecule has 3 nitrogen and oxygen atoms in total. The van der Waals surface area contributed by atoms with Gasteiger partial charge in [0.2, 0.25) is 0 Å². The van der Waals surface area contributed by atoms with E-state index in [4.69, 9.17) is 0 Å². The van der Waals surface area contributed by atoms with E-state index in [0.29, 0.717) is 35.3 Å². The summed E-state index contributed by atoms with van der Waals surface area (Å²) >= 11 is 0. The fourth-order valence-corrected chi connectivity index (χ4v) is 3.80. The zero-order valence-corrected chi connectivity index (χ0v) is 18.8. The Bertz CT molecular complexity index is 1330. The third kappa shape index (κ3) is 5.74. The van der Waals surface area contributed by atoms with Crippen LogP contribution in [0.25, 0.3) is 22.2 Å². The van der Waals surface area contributed by atoms with E-state index in [1.165, 1.54) is 6.07 Å². The summed E-state index contributed by atoms with van der Waals surface area (Å²) in [5, 5.41) is 3.94. The summed E-state index contributed by atoms with van der Waals surface area (Å²) in [7, 11) is 3.88. The number of nitrogens with one attached hydrogen (secondary N) is 1. The van der Waals surface area contributed by atoms with E-state index in [2.05, 4.69) is 10.3 Å². The number of nitrogens with zero attached hydrogens (tertiary/aromatic N) is 2. The molecule has 0 amide bonds. The van der Waals surface area contributed by atoms with Crippen molar-refractivity contribution >= 4 is 22.3 Å². The number of benzene rings is 3. The lowest BCUT2D eigenvalue weighted by atomic mass is 10.0. The van der Waals surface area contributed by atoms with Crippen molar-refractivity contribution < 1.29 is 26.3 Å². The first kappa shape index (κ1) is 24.5. The molecule has 0 radical (unpaired) electrons. The van der Waals surface area contributed by atoms with Gasteiger partial charge in [-0.15, -0.1) is 0 Å². The SMILES string of the molecule is CN(C)Cc1cccc(Nc2cc(-c3cc(C(F)(F)F)cc(C(F)(F)F)c3)nc3ccccc23)c1. The molecule has 0 saturated heterocycles. The highest BCUT2D eigenvalue weighted by Crippen LogP contribution is 2.39. The van der Waals surface area contributed by atoms with Crippen molar-refractivity contribution in [3.63, 3.8) is 0 Å². The molecule has 4 aromatic rings. The van der Waals surface area contributed by atoms with Crippen LogP contribution in [0.15, 0.2) is 72.8 Å². The first-order valence-corrected chi connectivity index (χ1v) is 10.6. The Morgan fingerprint density at radius 2 is 1.43 bits per heavy atom. The largest absolute Gasteiger partial charge is 0.416 e. The fraction of sp³-hybridized carbons (Fsp3) is 0.192. The molecule has 35 heavy (non-hydrogen) atoms. The number of pyridine rings is 1. The third-order valence-corrected chi connectivity index (χ3v) is 5.30. The van der Waals surface area contributed by atoms with E-state index in [-0.39, 0.29) is 17.3 Å². The fourth-order valence-electron chi connectivity index (χ4n) is 3.80. The standard InChI is InChI=1S/C26H21F6N3/c1-35(2)15-16-6-5-7-20(10-16)33-24-14-23(34-22-9-4-3-8-21(22)24)17-11-18(25(27,28)29)13-19(12-17)26(30,31)32/h3-14H,15H2,1-2H3,(H,33,34). The Hall–Kier alpha value is -3.59. The molecule has 0 fully saturated rings.